The lowest BCUT2D eigenvalue weighted by Gasteiger charge is -2.35. The van der Waals surface area contributed by atoms with Crippen molar-refractivity contribution in [2.75, 3.05) is 33.3 Å². The van der Waals surface area contributed by atoms with Crippen LogP contribution in [-0.4, -0.2) is 71.6 Å². The van der Waals surface area contributed by atoms with Crippen LogP contribution in [0.3, 0.4) is 0 Å². The van der Waals surface area contributed by atoms with E-state index in [1.807, 2.05) is 7.05 Å². The number of hydrogen-bond donors (Lipinski definition) is 1. The van der Waals surface area contributed by atoms with Gasteiger partial charge in [0.2, 0.25) is 5.03 Å². The van der Waals surface area contributed by atoms with Gasteiger partial charge in [0.05, 0.1) is 12.9 Å². The maximum atomic E-state index is 12.8. The number of aliphatic hydroxyl groups excluding tert-OH is 1. The standard InChI is InChI=1S/C12H21ClN4O3S/c1-15-5-3-10(4-6-15)17(7-8-18)21(19,20)12-11(13)16(2)9-14-12/h9-10,18H,3-8H2,1-2H3. The van der Waals surface area contributed by atoms with Crippen LogP contribution < -0.4 is 0 Å². The topological polar surface area (TPSA) is 78.7 Å². The summed E-state index contributed by atoms with van der Waals surface area (Å²) < 4.78 is 28.4. The van der Waals surface area contributed by atoms with Crippen molar-refractivity contribution in [3.8, 4) is 0 Å². The Balaban J connectivity index is 2.30. The fraction of sp³-hybridized carbons (Fsp3) is 0.750. The summed E-state index contributed by atoms with van der Waals surface area (Å²) in [7, 11) is -0.149. The van der Waals surface area contributed by atoms with E-state index in [4.69, 9.17) is 11.6 Å². The Morgan fingerprint density at radius 2 is 2.05 bits per heavy atom. The van der Waals surface area contributed by atoms with Crippen molar-refractivity contribution >= 4 is 21.6 Å². The molecule has 0 unspecified atom stereocenters. The first kappa shape index (κ1) is 16.7. The zero-order chi connectivity index (χ0) is 15.6. The van der Waals surface area contributed by atoms with Crippen molar-refractivity contribution < 1.29 is 13.5 Å². The quantitative estimate of drug-likeness (QED) is 0.828. The lowest BCUT2D eigenvalue weighted by Crippen LogP contribution is -2.47. The summed E-state index contributed by atoms with van der Waals surface area (Å²) in [6, 6.07) is -0.128. The minimum Gasteiger partial charge on any atom is -0.395 e. The molecule has 9 heteroatoms. The van der Waals surface area contributed by atoms with Crippen LogP contribution in [-0.2, 0) is 17.1 Å². The van der Waals surface area contributed by atoms with Gasteiger partial charge >= 0.3 is 0 Å². The predicted molar refractivity (Wildman–Crippen MR) is 79.7 cm³/mol. The number of piperidine rings is 1. The molecule has 0 atom stereocenters. The molecule has 0 aliphatic carbocycles. The van der Waals surface area contributed by atoms with E-state index < -0.39 is 10.0 Å². The van der Waals surface area contributed by atoms with Crippen molar-refractivity contribution in [3.05, 3.63) is 11.5 Å². The van der Waals surface area contributed by atoms with E-state index in [1.54, 1.807) is 7.05 Å². The van der Waals surface area contributed by atoms with Crippen LogP contribution in [0.4, 0.5) is 0 Å². The molecule has 0 saturated carbocycles. The Hall–Kier alpha value is -0.670. The molecule has 1 saturated heterocycles. The van der Waals surface area contributed by atoms with Gasteiger partial charge in [-0.3, -0.25) is 0 Å². The summed E-state index contributed by atoms with van der Waals surface area (Å²) >= 11 is 6.02. The summed E-state index contributed by atoms with van der Waals surface area (Å²) in [6.07, 6.45) is 2.85. The second-order valence-electron chi connectivity index (χ2n) is 5.33. The van der Waals surface area contributed by atoms with Crippen molar-refractivity contribution in [3.63, 3.8) is 0 Å². The Morgan fingerprint density at radius 3 is 2.52 bits per heavy atom. The molecule has 1 N–H and O–H groups in total. The van der Waals surface area contributed by atoms with E-state index in [-0.39, 0.29) is 29.4 Å². The van der Waals surface area contributed by atoms with Gasteiger partial charge in [-0.2, -0.15) is 4.31 Å². The average Bonchev–Trinajstić information content (AvgIpc) is 2.78. The Morgan fingerprint density at radius 1 is 1.43 bits per heavy atom. The maximum absolute atomic E-state index is 12.8. The molecule has 0 radical (unpaired) electrons. The van der Waals surface area contributed by atoms with Crippen molar-refractivity contribution in [1.29, 1.82) is 0 Å². The number of hydrogen-bond acceptors (Lipinski definition) is 5. The van der Waals surface area contributed by atoms with E-state index in [0.717, 1.165) is 25.9 Å². The Labute approximate surface area is 130 Å². The molecule has 0 amide bonds. The molecule has 0 spiro atoms. The fourth-order valence-corrected chi connectivity index (χ4v) is 4.63. The van der Waals surface area contributed by atoms with Gasteiger partial charge in [-0.25, -0.2) is 13.4 Å². The first-order chi connectivity index (χ1) is 9.87. The minimum absolute atomic E-state index is 0.0591. The zero-order valence-corrected chi connectivity index (χ0v) is 13.8. The normalized spacial score (nSPS) is 18.5. The fourth-order valence-electron chi connectivity index (χ4n) is 2.56. The Kier molecular flexibility index (Phi) is 5.26. The van der Waals surface area contributed by atoms with Crippen LogP contribution in [0.1, 0.15) is 12.8 Å². The van der Waals surface area contributed by atoms with E-state index in [2.05, 4.69) is 9.88 Å². The van der Waals surface area contributed by atoms with Crippen LogP contribution in [0.25, 0.3) is 0 Å². The lowest BCUT2D eigenvalue weighted by atomic mass is 10.1. The smallest absolute Gasteiger partial charge is 0.264 e. The predicted octanol–water partition coefficient (Wildman–Crippen LogP) is 0.151. The number of rotatable bonds is 5. The molecule has 1 fully saturated rings. The molecule has 0 aromatic carbocycles. The molecule has 120 valence electrons. The van der Waals surface area contributed by atoms with Gasteiger partial charge in [0, 0.05) is 19.6 Å². The molecule has 1 aliphatic heterocycles. The number of aliphatic hydroxyl groups is 1. The second-order valence-corrected chi connectivity index (χ2v) is 7.49. The highest BCUT2D eigenvalue weighted by Gasteiger charge is 2.35. The third kappa shape index (κ3) is 3.40. The third-order valence-electron chi connectivity index (χ3n) is 3.80. The maximum Gasteiger partial charge on any atom is 0.264 e. The van der Waals surface area contributed by atoms with Crippen LogP contribution in [0.2, 0.25) is 5.15 Å². The van der Waals surface area contributed by atoms with Crippen LogP contribution in [0, 0.1) is 0 Å². The van der Waals surface area contributed by atoms with E-state index in [1.165, 1.54) is 15.2 Å². The highest BCUT2D eigenvalue weighted by Crippen LogP contribution is 2.27. The minimum atomic E-state index is -3.80. The van der Waals surface area contributed by atoms with Gasteiger partial charge < -0.3 is 14.6 Å². The highest BCUT2D eigenvalue weighted by molar-refractivity contribution is 7.89. The first-order valence-electron chi connectivity index (χ1n) is 6.86. The molecule has 21 heavy (non-hydrogen) atoms. The molecule has 7 nitrogen and oxygen atoms in total. The van der Waals surface area contributed by atoms with Crippen LogP contribution >= 0.6 is 11.6 Å². The largest absolute Gasteiger partial charge is 0.395 e. The van der Waals surface area contributed by atoms with Crippen LogP contribution in [0.5, 0.6) is 0 Å². The Bertz CT molecular complexity index is 581. The van der Waals surface area contributed by atoms with Crippen molar-refractivity contribution in [2.45, 2.75) is 23.9 Å². The molecule has 1 aliphatic rings. The number of likely N-dealkylation sites (tertiary alicyclic amines) is 1. The van der Waals surface area contributed by atoms with Crippen molar-refractivity contribution in [1.82, 2.24) is 18.8 Å². The van der Waals surface area contributed by atoms with Gasteiger partial charge in [-0.15, -0.1) is 0 Å². The van der Waals surface area contributed by atoms with E-state index in [0.29, 0.717) is 0 Å². The third-order valence-corrected chi connectivity index (χ3v) is 6.25. The van der Waals surface area contributed by atoms with Gasteiger partial charge in [-0.1, -0.05) is 11.6 Å². The number of aryl methyl sites for hydroxylation is 1. The number of nitrogens with zero attached hydrogens (tertiary/aromatic N) is 4. The van der Waals surface area contributed by atoms with Gasteiger partial charge in [0.1, 0.15) is 5.15 Å². The van der Waals surface area contributed by atoms with Gasteiger partial charge in [-0.05, 0) is 33.0 Å². The molecule has 1 aromatic rings. The number of aromatic nitrogens is 2. The first-order valence-corrected chi connectivity index (χ1v) is 8.67. The molecular formula is C12H21ClN4O3S. The van der Waals surface area contributed by atoms with E-state index in [9.17, 15) is 13.5 Å². The molecule has 1 aromatic heterocycles. The van der Waals surface area contributed by atoms with Gasteiger partial charge in [0.15, 0.2) is 0 Å². The van der Waals surface area contributed by atoms with E-state index >= 15 is 0 Å². The van der Waals surface area contributed by atoms with Crippen LogP contribution in [0.15, 0.2) is 11.4 Å². The molecular weight excluding hydrogens is 316 g/mol. The second kappa shape index (κ2) is 6.62. The molecule has 2 heterocycles. The number of imidazole rings is 1. The molecule has 2 rings (SSSR count). The zero-order valence-electron chi connectivity index (χ0n) is 12.2. The summed E-state index contributed by atoms with van der Waals surface area (Å²) in [5, 5.41) is 9.18. The average molecular weight is 337 g/mol. The summed E-state index contributed by atoms with van der Waals surface area (Å²) in [5.41, 5.74) is 0. The van der Waals surface area contributed by atoms with Crippen molar-refractivity contribution in [2.24, 2.45) is 7.05 Å². The summed E-state index contributed by atoms with van der Waals surface area (Å²) in [6.45, 7) is 1.50. The summed E-state index contributed by atoms with van der Waals surface area (Å²) in [5.74, 6) is 0. The molecule has 0 bridgehead atoms. The monoisotopic (exact) mass is 336 g/mol. The highest BCUT2D eigenvalue weighted by atomic mass is 35.5. The number of sulfonamides is 1. The van der Waals surface area contributed by atoms with Gasteiger partial charge in [0.25, 0.3) is 10.0 Å². The SMILES string of the molecule is CN1CCC(N(CCO)S(=O)(=O)c2ncn(C)c2Cl)CC1. The summed E-state index contributed by atoms with van der Waals surface area (Å²) in [4.78, 5) is 6.07. The lowest BCUT2D eigenvalue weighted by molar-refractivity contribution is 0.161. The number of halogens is 1.